The molecule has 0 aromatic rings. The van der Waals surface area contributed by atoms with E-state index < -0.39 is 8.32 Å². The van der Waals surface area contributed by atoms with Gasteiger partial charge in [0, 0.05) is 6.10 Å². The lowest BCUT2D eigenvalue weighted by Crippen LogP contribution is -2.31. The molecule has 0 spiro atoms. The zero-order valence-electron chi connectivity index (χ0n) is 15.0. The summed E-state index contributed by atoms with van der Waals surface area (Å²) >= 11 is 0. The molecule has 0 rings (SSSR count). The highest BCUT2D eigenvalue weighted by Gasteiger charge is 2.19. The Labute approximate surface area is 130 Å². The van der Waals surface area contributed by atoms with Gasteiger partial charge in [-0.05, 0) is 32.5 Å². The van der Waals surface area contributed by atoms with Crippen LogP contribution in [0.4, 0.5) is 0 Å². The SMILES string of the molecule is CCCCCCCCCCCCC(CC)O[Si](C)(C)C. The zero-order chi connectivity index (χ0) is 15.3. The second kappa shape index (κ2) is 12.9. The van der Waals surface area contributed by atoms with E-state index in [9.17, 15) is 0 Å². The largest absolute Gasteiger partial charge is 0.415 e. The average Bonchev–Trinajstić information content (AvgIpc) is 2.38. The predicted molar refractivity (Wildman–Crippen MR) is 95.0 cm³/mol. The standard InChI is InChI=1S/C18H40OSi/c1-6-8-9-10-11-12-13-14-15-16-17-18(7-2)19-20(3,4)5/h18H,6-17H2,1-5H3. The molecule has 0 saturated carbocycles. The molecule has 0 fully saturated rings. The Morgan fingerprint density at radius 3 is 1.55 bits per heavy atom. The van der Waals surface area contributed by atoms with E-state index in [1.807, 2.05) is 0 Å². The normalized spacial score (nSPS) is 13.7. The van der Waals surface area contributed by atoms with Gasteiger partial charge in [-0.25, -0.2) is 0 Å². The van der Waals surface area contributed by atoms with Crippen molar-refractivity contribution in [3.63, 3.8) is 0 Å². The van der Waals surface area contributed by atoms with Gasteiger partial charge in [0.05, 0.1) is 0 Å². The molecule has 1 unspecified atom stereocenters. The van der Waals surface area contributed by atoms with Gasteiger partial charge < -0.3 is 4.43 Å². The van der Waals surface area contributed by atoms with Crippen molar-refractivity contribution in [3.8, 4) is 0 Å². The number of rotatable bonds is 14. The first-order valence-electron chi connectivity index (χ1n) is 9.17. The molecule has 0 aromatic heterocycles. The summed E-state index contributed by atoms with van der Waals surface area (Å²) in [5.41, 5.74) is 0. The molecular formula is C18H40OSi. The van der Waals surface area contributed by atoms with Gasteiger partial charge in [0.15, 0.2) is 8.32 Å². The number of hydrogen-bond donors (Lipinski definition) is 0. The Balaban J connectivity index is 3.33. The van der Waals surface area contributed by atoms with Crippen LogP contribution in [0, 0.1) is 0 Å². The smallest absolute Gasteiger partial charge is 0.184 e. The minimum absolute atomic E-state index is 0.524. The minimum Gasteiger partial charge on any atom is -0.415 e. The molecule has 2 heteroatoms. The number of unbranched alkanes of at least 4 members (excludes halogenated alkanes) is 9. The highest BCUT2D eigenvalue weighted by atomic mass is 28.4. The Kier molecular flexibility index (Phi) is 13.0. The molecule has 20 heavy (non-hydrogen) atoms. The summed E-state index contributed by atoms with van der Waals surface area (Å²) in [6.07, 6.45) is 17.2. The Bertz CT molecular complexity index is 198. The summed E-state index contributed by atoms with van der Waals surface area (Å²) in [5, 5.41) is 0. The summed E-state index contributed by atoms with van der Waals surface area (Å²) in [6.45, 7) is 11.5. The van der Waals surface area contributed by atoms with Crippen LogP contribution >= 0.6 is 0 Å². The van der Waals surface area contributed by atoms with Crippen LogP contribution in [0.15, 0.2) is 0 Å². The van der Waals surface area contributed by atoms with Gasteiger partial charge in [0.2, 0.25) is 0 Å². The minimum atomic E-state index is -1.34. The lowest BCUT2D eigenvalue weighted by molar-refractivity contribution is 0.175. The molecule has 0 heterocycles. The van der Waals surface area contributed by atoms with E-state index in [1.54, 1.807) is 0 Å². The van der Waals surface area contributed by atoms with Gasteiger partial charge in [-0.3, -0.25) is 0 Å². The lowest BCUT2D eigenvalue weighted by atomic mass is 10.0. The molecule has 1 atom stereocenters. The molecule has 0 aliphatic rings. The summed E-state index contributed by atoms with van der Waals surface area (Å²) in [6, 6.07) is 0. The van der Waals surface area contributed by atoms with E-state index in [1.165, 1.54) is 77.0 Å². The molecule has 0 N–H and O–H groups in total. The second-order valence-corrected chi connectivity index (χ2v) is 11.7. The Morgan fingerprint density at radius 1 is 0.700 bits per heavy atom. The van der Waals surface area contributed by atoms with Crippen molar-refractivity contribution in [3.05, 3.63) is 0 Å². The van der Waals surface area contributed by atoms with Crippen molar-refractivity contribution in [1.82, 2.24) is 0 Å². The molecule has 0 radical (unpaired) electrons. The van der Waals surface area contributed by atoms with Gasteiger partial charge in [-0.15, -0.1) is 0 Å². The van der Waals surface area contributed by atoms with Crippen molar-refractivity contribution >= 4 is 8.32 Å². The zero-order valence-corrected chi connectivity index (χ0v) is 16.0. The van der Waals surface area contributed by atoms with Crippen LogP contribution in [0.5, 0.6) is 0 Å². The van der Waals surface area contributed by atoms with Crippen LogP contribution in [-0.4, -0.2) is 14.4 Å². The van der Waals surface area contributed by atoms with Crippen LogP contribution in [-0.2, 0) is 4.43 Å². The van der Waals surface area contributed by atoms with Crippen molar-refractivity contribution < 1.29 is 4.43 Å². The quantitative estimate of drug-likeness (QED) is 0.250. The summed E-state index contributed by atoms with van der Waals surface area (Å²) in [5.74, 6) is 0. The van der Waals surface area contributed by atoms with Crippen LogP contribution in [0.2, 0.25) is 19.6 Å². The van der Waals surface area contributed by atoms with Gasteiger partial charge in [-0.2, -0.15) is 0 Å². The Hall–Kier alpha value is 0.177. The van der Waals surface area contributed by atoms with Crippen molar-refractivity contribution in [1.29, 1.82) is 0 Å². The molecule has 122 valence electrons. The fourth-order valence-corrected chi connectivity index (χ4v) is 3.99. The fourth-order valence-electron chi connectivity index (χ4n) is 2.71. The Morgan fingerprint density at radius 2 is 1.15 bits per heavy atom. The molecule has 0 aliphatic carbocycles. The van der Waals surface area contributed by atoms with Gasteiger partial charge in [-0.1, -0.05) is 78.1 Å². The van der Waals surface area contributed by atoms with E-state index in [0.29, 0.717) is 6.10 Å². The summed E-state index contributed by atoms with van der Waals surface area (Å²) in [4.78, 5) is 0. The molecule has 0 aromatic carbocycles. The predicted octanol–water partition coefficient (Wildman–Crippen LogP) is 6.93. The monoisotopic (exact) mass is 300 g/mol. The highest BCUT2D eigenvalue weighted by Crippen LogP contribution is 2.17. The van der Waals surface area contributed by atoms with Crippen molar-refractivity contribution in [2.75, 3.05) is 0 Å². The average molecular weight is 301 g/mol. The summed E-state index contributed by atoms with van der Waals surface area (Å²) in [7, 11) is -1.34. The van der Waals surface area contributed by atoms with E-state index >= 15 is 0 Å². The fraction of sp³-hybridized carbons (Fsp3) is 1.00. The maximum atomic E-state index is 6.21. The lowest BCUT2D eigenvalue weighted by Gasteiger charge is -2.25. The first-order valence-corrected chi connectivity index (χ1v) is 12.6. The highest BCUT2D eigenvalue weighted by molar-refractivity contribution is 6.69. The third-order valence-electron chi connectivity index (χ3n) is 3.86. The maximum Gasteiger partial charge on any atom is 0.184 e. The van der Waals surface area contributed by atoms with E-state index in [2.05, 4.69) is 33.5 Å². The molecule has 0 bridgehead atoms. The maximum absolute atomic E-state index is 6.21. The molecule has 0 aliphatic heterocycles. The summed E-state index contributed by atoms with van der Waals surface area (Å²) < 4.78 is 6.21. The topological polar surface area (TPSA) is 9.23 Å². The van der Waals surface area contributed by atoms with Gasteiger partial charge in [0.25, 0.3) is 0 Å². The van der Waals surface area contributed by atoms with Crippen LogP contribution in [0.3, 0.4) is 0 Å². The van der Waals surface area contributed by atoms with Crippen LogP contribution in [0.1, 0.15) is 90.9 Å². The van der Waals surface area contributed by atoms with Crippen molar-refractivity contribution in [2.45, 2.75) is 117 Å². The third-order valence-corrected chi connectivity index (χ3v) is 4.90. The molecule has 0 saturated heterocycles. The van der Waals surface area contributed by atoms with Gasteiger partial charge in [0.1, 0.15) is 0 Å². The second-order valence-electron chi connectivity index (χ2n) is 7.23. The van der Waals surface area contributed by atoms with Crippen molar-refractivity contribution in [2.24, 2.45) is 0 Å². The first kappa shape index (κ1) is 20.2. The van der Waals surface area contributed by atoms with Crippen LogP contribution < -0.4 is 0 Å². The van der Waals surface area contributed by atoms with Crippen LogP contribution in [0.25, 0.3) is 0 Å². The molecule has 1 nitrogen and oxygen atoms in total. The van der Waals surface area contributed by atoms with E-state index in [4.69, 9.17) is 4.43 Å². The van der Waals surface area contributed by atoms with Gasteiger partial charge >= 0.3 is 0 Å². The van der Waals surface area contributed by atoms with E-state index in [-0.39, 0.29) is 0 Å². The third kappa shape index (κ3) is 14.6. The van der Waals surface area contributed by atoms with E-state index in [0.717, 1.165) is 0 Å². The number of hydrogen-bond acceptors (Lipinski definition) is 1. The first-order chi connectivity index (χ1) is 9.49. The molecular weight excluding hydrogens is 260 g/mol. The molecule has 0 amide bonds.